The van der Waals surface area contributed by atoms with Gasteiger partial charge in [0.25, 0.3) is 5.91 Å². The predicted octanol–water partition coefficient (Wildman–Crippen LogP) is 1.91. The molecule has 18 heavy (non-hydrogen) atoms. The van der Waals surface area contributed by atoms with Gasteiger partial charge < -0.3 is 10.6 Å². The van der Waals surface area contributed by atoms with Crippen molar-refractivity contribution in [3.8, 4) is 0 Å². The molecule has 0 saturated heterocycles. The Morgan fingerprint density at radius 2 is 2.11 bits per heavy atom. The molecule has 2 aromatic heterocycles. The molecule has 0 aliphatic heterocycles. The number of nitrogens with one attached hydrogen (secondary N) is 2. The number of halogens is 1. The smallest absolute Gasteiger partial charge is 0.260 e. The maximum atomic E-state index is 12.7. The molecule has 0 radical (unpaired) electrons. The Hall–Kier alpha value is -2.50. The summed E-state index contributed by atoms with van der Waals surface area (Å²) in [7, 11) is 1.71. The molecule has 0 unspecified atom stereocenters. The third-order valence-corrected chi connectivity index (χ3v) is 2.30. The molecule has 2 aromatic rings. The topological polar surface area (TPSA) is 66.9 Å². The number of amides is 1. The van der Waals surface area contributed by atoms with Crippen molar-refractivity contribution < 1.29 is 9.18 Å². The summed E-state index contributed by atoms with van der Waals surface area (Å²) in [5.41, 5.74) is 1.05. The van der Waals surface area contributed by atoms with E-state index < -0.39 is 5.82 Å². The van der Waals surface area contributed by atoms with Crippen LogP contribution in [0.1, 0.15) is 10.4 Å². The van der Waals surface area contributed by atoms with Gasteiger partial charge in [0.1, 0.15) is 11.6 Å². The number of rotatable bonds is 3. The van der Waals surface area contributed by atoms with E-state index in [9.17, 15) is 9.18 Å². The second-order valence-corrected chi connectivity index (χ2v) is 3.49. The number of carbonyl (C=O) groups is 1. The largest absolute Gasteiger partial charge is 0.387 e. The first-order valence-corrected chi connectivity index (χ1v) is 5.25. The number of carbonyl (C=O) groups excluding carboxylic acids is 1. The monoisotopic (exact) mass is 246 g/mol. The Bertz CT molecular complexity index is 556. The van der Waals surface area contributed by atoms with Crippen molar-refractivity contribution in [1.82, 2.24) is 9.97 Å². The van der Waals surface area contributed by atoms with Gasteiger partial charge in [0.15, 0.2) is 0 Å². The fourth-order valence-corrected chi connectivity index (χ4v) is 1.43. The standard InChI is InChI=1S/C12H11FN4O/c1-14-10-4-5-15-7-9(10)12(18)17-11-3-2-8(13)6-16-11/h2-7H,1H3,(H,14,15)(H,16,17,18). The minimum Gasteiger partial charge on any atom is -0.387 e. The van der Waals surface area contributed by atoms with Gasteiger partial charge in [-0.1, -0.05) is 0 Å². The molecule has 0 fully saturated rings. The third kappa shape index (κ3) is 2.60. The van der Waals surface area contributed by atoms with Crippen LogP contribution in [0, 0.1) is 5.82 Å². The number of aromatic nitrogens is 2. The average molecular weight is 246 g/mol. The van der Waals surface area contributed by atoms with E-state index in [2.05, 4.69) is 20.6 Å². The van der Waals surface area contributed by atoms with Crippen LogP contribution in [0.2, 0.25) is 0 Å². The minimum absolute atomic E-state index is 0.285. The first-order valence-electron chi connectivity index (χ1n) is 5.25. The molecular weight excluding hydrogens is 235 g/mol. The molecule has 0 atom stereocenters. The van der Waals surface area contributed by atoms with Crippen LogP contribution in [0.15, 0.2) is 36.8 Å². The summed E-state index contributed by atoms with van der Waals surface area (Å²) in [5.74, 6) is -0.524. The normalized spacial score (nSPS) is 9.89. The zero-order valence-electron chi connectivity index (χ0n) is 9.64. The van der Waals surface area contributed by atoms with Crippen LogP contribution in [-0.4, -0.2) is 22.9 Å². The second kappa shape index (κ2) is 5.22. The van der Waals surface area contributed by atoms with Crippen LogP contribution in [0.25, 0.3) is 0 Å². The molecule has 0 aromatic carbocycles. The van der Waals surface area contributed by atoms with Crippen molar-refractivity contribution in [2.24, 2.45) is 0 Å². The number of pyridine rings is 2. The zero-order valence-corrected chi connectivity index (χ0v) is 9.64. The van der Waals surface area contributed by atoms with Gasteiger partial charge in [0.05, 0.1) is 11.8 Å². The van der Waals surface area contributed by atoms with Crippen LogP contribution < -0.4 is 10.6 Å². The molecule has 0 aliphatic rings. The second-order valence-electron chi connectivity index (χ2n) is 3.49. The van der Waals surface area contributed by atoms with E-state index in [0.717, 1.165) is 6.20 Å². The molecule has 0 bridgehead atoms. The summed E-state index contributed by atoms with van der Waals surface area (Å²) in [5, 5.41) is 5.45. The predicted molar refractivity (Wildman–Crippen MR) is 65.9 cm³/mol. The first kappa shape index (κ1) is 12.0. The van der Waals surface area contributed by atoms with Crippen molar-refractivity contribution in [2.45, 2.75) is 0 Å². The van der Waals surface area contributed by atoms with Gasteiger partial charge in [-0.05, 0) is 18.2 Å². The quantitative estimate of drug-likeness (QED) is 0.868. The van der Waals surface area contributed by atoms with Crippen LogP contribution >= 0.6 is 0 Å². The first-order chi connectivity index (χ1) is 8.70. The summed E-state index contributed by atoms with van der Waals surface area (Å²) in [6.45, 7) is 0. The van der Waals surface area contributed by atoms with Crippen LogP contribution in [-0.2, 0) is 0 Å². The summed E-state index contributed by atoms with van der Waals surface area (Å²) >= 11 is 0. The van der Waals surface area contributed by atoms with Gasteiger partial charge in [-0.3, -0.25) is 9.78 Å². The van der Waals surface area contributed by atoms with Crippen molar-refractivity contribution >= 4 is 17.4 Å². The van der Waals surface area contributed by atoms with Gasteiger partial charge in [-0.2, -0.15) is 0 Å². The highest BCUT2D eigenvalue weighted by Crippen LogP contribution is 2.14. The highest BCUT2D eigenvalue weighted by molar-refractivity contribution is 6.07. The molecule has 1 amide bonds. The molecule has 92 valence electrons. The summed E-state index contributed by atoms with van der Waals surface area (Å²) in [4.78, 5) is 19.6. The maximum absolute atomic E-state index is 12.7. The number of anilines is 2. The fraction of sp³-hybridized carbons (Fsp3) is 0.0833. The SMILES string of the molecule is CNc1ccncc1C(=O)Nc1ccc(F)cn1. The van der Waals surface area contributed by atoms with E-state index in [0.29, 0.717) is 11.3 Å². The van der Waals surface area contributed by atoms with Gasteiger partial charge in [-0.25, -0.2) is 9.37 Å². The zero-order chi connectivity index (χ0) is 13.0. The van der Waals surface area contributed by atoms with Gasteiger partial charge in [-0.15, -0.1) is 0 Å². The molecular formula is C12H11FN4O. The average Bonchev–Trinajstić information content (AvgIpc) is 2.41. The lowest BCUT2D eigenvalue weighted by molar-refractivity contribution is 0.102. The van der Waals surface area contributed by atoms with Crippen molar-refractivity contribution in [3.63, 3.8) is 0 Å². The molecule has 0 saturated carbocycles. The van der Waals surface area contributed by atoms with Crippen LogP contribution in [0.5, 0.6) is 0 Å². The van der Waals surface area contributed by atoms with E-state index in [1.54, 1.807) is 19.3 Å². The summed E-state index contributed by atoms with van der Waals surface area (Å²) in [6, 6.07) is 4.31. The van der Waals surface area contributed by atoms with E-state index in [4.69, 9.17) is 0 Å². The number of hydrogen-bond acceptors (Lipinski definition) is 4. The Morgan fingerprint density at radius 3 is 2.78 bits per heavy atom. The summed E-state index contributed by atoms with van der Waals surface area (Å²) < 4.78 is 12.7. The number of nitrogens with zero attached hydrogens (tertiary/aromatic N) is 2. The van der Waals surface area contributed by atoms with Gasteiger partial charge >= 0.3 is 0 Å². The molecule has 6 heteroatoms. The molecule has 2 heterocycles. The van der Waals surface area contributed by atoms with E-state index in [1.807, 2.05) is 0 Å². The highest BCUT2D eigenvalue weighted by Gasteiger charge is 2.11. The molecule has 2 N–H and O–H groups in total. The lowest BCUT2D eigenvalue weighted by Crippen LogP contribution is -2.15. The highest BCUT2D eigenvalue weighted by atomic mass is 19.1. The Labute approximate surface area is 103 Å². The Balaban J connectivity index is 2.19. The van der Waals surface area contributed by atoms with E-state index in [1.165, 1.54) is 18.3 Å². The van der Waals surface area contributed by atoms with E-state index in [-0.39, 0.29) is 11.7 Å². The van der Waals surface area contributed by atoms with Gasteiger partial charge in [0, 0.05) is 25.1 Å². The van der Waals surface area contributed by atoms with Crippen LogP contribution in [0.3, 0.4) is 0 Å². The Morgan fingerprint density at radius 1 is 1.28 bits per heavy atom. The lowest BCUT2D eigenvalue weighted by Gasteiger charge is -2.08. The van der Waals surface area contributed by atoms with Gasteiger partial charge in [0.2, 0.25) is 0 Å². The fourth-order valence-electron chi connectivity index (χ4n) is 1.43. The van der Waals surface area contributed by atoms with E-state index >= 15 is 0 Å². The number of hydrogen-bond donors (Lipinski definition) is 2. The minimum atomic E-state index is -0.453. The van der Waals surface area contributed by atoms with Crippen molar-refractivity contribution in [2.75, 3.05) is 17.7 Å². The molecule has 0 spiro atoms. The molecule has 2 rings (SSSR count). The summed E-state index contributed by atoms with van der Waals surface area (Å²) in [6.07, 6.45) is 4.07. The Kier molecular flexibility index (Phi) is 3.47. The lowest BCUT2D eigenvalue weighted by atomic mass is 10.2. The van der Waals surface area contributed by atoms with Crippen molar-refractivity contribution in [3.05, 3.63) is 48.2 Å². The van der Waals surface area contributed by atoms with Crippen molar-refractivity contribution in [1.29, 1.82) is 0 Å². The van der Waals surface area contributed by atoms with Crippen LogP contribution in [0.4, 0.5) is 15.9 Å². The third-order valence-electron chi connectivity index (χ3n) is 2.30. The molecule has 0 aliphatic carbocycles. The maximum Gasteiger partial charge on any atom is 0.260 e. The molecule has 5 nitrogen and oxygen atoms in total.